The molecule has 0 radical (unpaired) electrons. The van der Waals surface area contributed by atoms with Gasteiger partial charge in [-0.05, 0) is 48.8 Å². The molecule has 1 aromatic rings. The predicted molar refractivity (Wildman–Crippen MR) is 272 cm³/mol. The zero-order valence-electron chi connectivity index (χ0n) is 41.8. The van der Waals surface area contributed by atoms with E-state index in [0.717, 1.165) is 55.9 Å². The number of hydrogen-bond donors (Lipinski definition) is 4. The Morgan fingerprint density at radius 2 is 1.07 bits per heavy atom. The highest BCUT2D eigenvalue weighted by Crippen LogP contribution is 2.29. The van der Waals surface area contributed by atoms with Crippen LogP contribution in [0.3, 0.4) is 0 Å². The standard InChI is InChI=1S/C55H90N2O10S/c58-50(56-41-46-33-35-47(36-34-46)54(63)57-49(55(64)65)37-38-51(59)60)39-40-68-43-48(67-53(62)32-24-14-10-6-2-4-8-12-18-26-45-29-21-16-22-30-45)42-66-52(61)31-23-13-9-5-1-3-7-11-17-25-44-27-19-15-20-28-44/h33-36,44-45,48-49H,1-32,37-43H2,(H,56,58)(H,57,63)(H,59,60)(H,64,65). The van der Waals surface area contributed by atoms with Gasteiger partial charge in [0.15, 0.2) is 0 Å². The lowest BCUT2D eigenvalue weighted by atomic mass is 9.85. The van der Waals surface area contributed by atoms with Crippen LogP contribution in [0.5, 0.6) is 0 Å². The lowest BCUT2D eigenvalue weighted by molar-refractivity contribution is -0.157. The number of amides is 2. The van der Waals surface area contributed by atoms with E-state index in [1.165, 1.54) is 178 Å². The fourth-order valence-corrected chi connectivity index (χ4v) is 10.6. The molecule has 4 N–H and O–H groups in total. The first-order chi connectivity index (χ1) is 33.1. The fraction of sp³-hybridized carbons (Fsp3) is 0.782. The molecule has 1 aromatic carbocycles. The Kier molecular flexibility index (Phi) is 33.0. The van der Waals surface area contributed by atoms with E-state index in [-0.39, 0.29) is 49.4 Å². The summed E-state index contributed by atoms with van der Waals surface area (Å²) >= 11 is 1.47. The highest BCUT2D eigenvalue weighted by molar-refractivity contribution is 7.99. The van der Waals surface area contributed by atoms with E-state index in [1.807, 2.05) is 0 Å². The highest BCUT2D eigenvalue weighted by atomic mass is 32.2. The maximum atomic E-state index is 12.9. The van der Waals surface area contributed by atoms with Crippen molar-refractivity contribution in [1.29, 1.82) is 0 Å². The number of esters is 2. The maximum absolute atomic E-state index is 12.9. The summed E-state index contributed by atoms with van der Waals surface area (Å²) in [5.74, 6) is -1.00. The van der Waals surface area contributed by atoms with Crippen molar-refractivity contribution in [3.63, 3.8) is 0 Å². The van der Waals surface area contributed by atoms with Crippen LogP contribution in [-0.2, 0) is 40.0 Å². The Morgan fingerprint density at radius 3 is 1.57 bits per heavy atom. The molecule has 2 fully saturated rings. The Labute approximate surface area is 413 Å². The number of carbonyl (C=O) groups excluding carboxylic acids is 4. The summed E-state index contributed by atoms with van der Waals surface area (Å²) < 4.78 is 11.5. The Hall–Kier alpha value is -3.61. The number of hydrogen-bond acceptors (Lipinski definition) is 9. The van der Waals surface area contributed by atoms with Gasteiger partial charge in [0.05, 0.1) is 0 Å². The topological polar surface area (TPSA) is 185 Å². The average molecular weight is 971 g/mol. The number of carboxylic acid groups (broad SMARTS) is 2. The van der Waals surface area contributed by atoms with E-state index in [4.69, 9.17) is 14.6 Å². The molecule has 68 heavy (non-hydrogen) atoms. The van der Waals surface area contributed by atoms with Gasteiger partial charge in [0, 0.05) is 49.3 Å². The van der Waals surface area contributed by atoms with Crippen LogP contribution in [0.2, 0.25) is 0 Å². The van der Waals surface area contributed by atoms with Crippen LogP contribution in [0.4, 0.5) is 0 Å². The third kappa shape index (κ3) is 30.1. The van der Waals surface area contributed by atoms with Crippen LogP contribution in [0, 0.1) is 11.8 Å². The maximum Gasteiger partial charge on any atom is 0.326 e. The average Bonchev–Trinajstić information content (AvgIpc) is 3.34. The summed E-state index contributed by atoms with van der Waals surface area (Å²) in [4.78, 5) is 73.2. The summed E-state index contributed by atoms with van der Waals surface area (Å²) in [5.41, 5.74) is 0.943. The number of rotatable bonds is 40. The first-order valence-corrected chi connectivity index (χ1v) is 28.3. The minimum absolute atomic E-state index is 0.00150. The van der Waals surface area contributed by atoms with Crippen molar-refractivity contribution in [2.45, 2.75) is 243 Å². The van der Waals surface area contributed by atoms with Gasteiger partial charge in [0.1, 0.15) is 18.8 Å². The molecule has 0 saturated heterocycles. The number of thioether (sulfide) groups is 1. The van der Waals surface area contributed by atoms with E-state index in [2.05, 4.69) is 10.6 Å². The molecule has 12 nitrogen and oxygen atoms in total. The molecule has 2 unspecified atom stereocenters. The summed E-state index contributed by atoms with van der Waals surface area (Å²) in [6.45, 7) is 0.219. The number of nitrogens with one attached hydrogen (secondary N) is 2. The molecule has 0 spiro atoms. The summed E-state index contributed by atoms with van der Waals surface area (Å²) in [6.07, 6.45) is 38.3. The zero-order valence-corrected chi connectivity index (χ0v) is 42.6. The molecule has 0 heterocycles. The summed E-state index contributed by atoms with van der Waals surface area (Å²) in [6, 6.07) is 5.00. The van der Waals surface area contributed by atoms with Gasteiger partial charge in [-0.25, -0.2) is 4.79 Å². The molecule has 2 atom stereocenters. The predicted octanol–water partition coefficient (Wildman–Crippen LogP) is 12.7. The van der Waals surface area contributed by atoms with E-state index < -0.39 is 36.4 Å². The molecular formula is C55H90N2O10S. The smallest absolute Gasteiger partial charge is 0.326 e. The second-order valence-electron chi connectivity index (χ2n) is 19.8. The van der Waals surface area contributed by atoms with E-state index in [9.17, 15) is 33.9 Å². The molecule has 3 rings (SSSR count). The summed E-state index contributed by atoms with van der Waals surface area (Å²) in [5, 5.41) is 23.4. The third-order valence-corrected chi connectivity index (χ3v) is 15.0. The number of carbonyl (C=O) groups is 6. The van der Waals surface area contributed by atoms with Gasteiger partial charge >= 0.3 is 23.9 Å². The SMILES string of the molecule is O=C(O)CCC(NC(=O)c1ccc(CNC(=O)CCSCC(COC(=O)CCCCCCCCCCCC2CCCCC2)OC(=O)CCCCCCCCCCCC2CCCCC2)cc1)C(=O)O. The zero-order chi connectivity index (χ0) is 48.9. The highest BCUT2D eigenvalue weighted by Gasteiger charge is 2.22. The van der Waals surface area contributed by atoms with Gasteiger partial charge in [-0.2, -0.15) is 11.8 Å². The van der Waals surface area contributed by atoms with Gasteiger partial charge in [0.2, 0.25) is 5.91 Å². The minimum Gasteiger partial charge on any atom is -0.481 e. The van der Waals surface area contributed by atoms with Crippen molar-refractivity contribution in [3.8, 4) is 0 Å². The molecule has 0 aromatic heterocycles. The third-order valence-electron chi connectivity index (χ3n) is 13.9. The first kappa shape index (κ1) is 58.7. The van der Waals surface area contributed by atoms with Crippen molar-refractivity contribution in [1.82, 2.24) is 10.6 Å². The van der Waals surface area contributed by atoms with Gasteiger partial charge in [-0.1, -0.05) is 192 Å². The molecule has 13 heteroatoms. The van der Waals surface area contributed by atoms with Crippen LogP contribution in [0.25, 0.3) is 0 Å². The number of ether oxygens (including phenoxy) is 2. The molecular weight excluding hydrogens is 881 g/mol. The van der Waals surface area contributed by atoms with Crippen LogP contribution < -0.4 is 10.6 Å². The largest absolute Gasteiger partial charge is 0.481 e. The second-order valence-corrected chi connectivity index (χ2v) is 21.0. The van der Waals surface area contributed by atoms with Crippen LogP contribution in [-0.4, -0.2) is 76.2 Å². The number of benzene rings is 1. The fourth-order valence-electron chi connectivity index (χ4n) is 9.66. The van der Waals surface area contributed by atoms with E-state index >= 15 is 0 Å². The van der Waals surface area contributed by atoms with Gasteiger partial charge < -0.3 is 30.3 Å². The summed E-state index contributed by atoms with van der Waals surface area (Å²) in [7, 11) is 0. The van der Waals surface area contributed by atoms with Crippen LogP contribution in [0.15, 0.2) is 24.3 Å². The molecule has 0 bridgehead atoms. The lowest BCUT2D eigenvalue weighted by Gasteiger charge is -2.21. The van der Waals surface area contributed by atoms with Gasteiger partial charge in [-0.15, -0.1) is 0 Å². The second kappa shape index (κ2) is 38.2. The van der Waals surface area contributed by atoms with Crippen LogP contribution in [0.1, 0.15) is 241 Å². The molecule has 2 saturated carbocycles. The monoisotopic (exact) mass is 971 g/mol. The van der Waals surface area contributed by atoms with Gasteiger partial charge in [-0.3, -0.25) is 24.0 Å². The Bertz CT molecular complexity index is 1550. The van der Waals surface area contributed by atoms with Crippen molar-refractivity contribution in [3.05, 3.63) is 35.4 Å². The molecule has 2 aliphatic carbocycles. The quantitative estimate of drug-likeness (QED) is 0.0362. The lowest BCUT2D eigenvalue weighted by Crippen LogP contribution is -2.41. The Morgan fingerprint density at radius 1 is 0.588 bits per heavy atom. The van der Waals surface area contributed by atoms with Crippen molar-refractivity contribution < 1.29 is 48.5 Å². The van der Waals surface area contributed by atoms with E-state index in [0.29, 0.717) is 24.3 Å². The van der Waals surface area contributed by atoms with Crippen LogP contribution >= 0.6 is 11.8 Å². The van der Waals surface area contributed by atoms with Crippen molar-refractivity contribution in [2.24, 2.45) is 11.8 Å². The molecule has 2 aliphatic rings. The Balaban J connectivity index is 1.30. The number of carboxylic acids is 2. The van der Waals surface area contributed by atoms with Crippen molar-refractivity contribution >= 4 is 47.5 Å². The number of unbranched alkanes of at least 4 members (excludes halogenated alkanes) is 16. The van der Waals surface area contributed by atoms with Gasteiger partial charge in [0.25, 0.3) is 5.91 Å². The minimum atomic E-state index is -1.33. The molecule has 0 aliphatic heterocycles. The molecule has 2 amide bonds. The van der Waals surface area contributed by atoms with E-state index in [1.54, 1.807) is 12.1 Å². The van der Waals surface area contributed by atoms with Crippen molar-refractivity contribution in [2.75, 3.05) is 18.1 Å². The first-order valence-electron chi connectivity index (χ1n) is 27.1. The molecule has 386 valence electrons. The normalized spacial score (nSPS) is 15.3. The number of aliphatic carboxylic acids is 2.